The highest BCUT2D eigenvalue weighted by Gasteiger charge is 2.45. The van der Waals surface area contributed by atoms with Gasteiger partial charge in [0.15, 0.2) is 6.10 Å². The van der Waals surface area contributed by atoms with Gasteiger partial charge in [0.25, 0.3) is 0 Å². The standard InChI is InChI=1S/C12H14N2O7/c1-6(2)13-8(15)5-20-11(12(16)17)10(13)7-3-4-9(21-7)14(18)19/h3-4,6,10-11H,5H2,1-2H3,(H,16,17). The number of carbonyl (C=O) groups excluding carboxylic acids is 1. The van der Waals surface area contributed by atoms with E-state index in [0.29, 0.717) is 0 Å². The van der Waals surface area contributed by atoms with Gasteiger partial charge in [-0.15, -0.1) is 0 Å². The SMILES string of the molecule is CC(C)N1C(=O)COC(C(=O)O)C1c1ccc([N+](=O)[O-])o1. The Balaban J connectivity index is 2.45. The fourth-order valence-corrected chi connectivity index (χ4v) is 2.33. The van der Waals surface area contributed by atoms with Gasteiger partial charge >= 0.3 is 11.9 Å². The molecule has 1 aromatic rings. The summed E-state index contributed by atoms with van der Waals surface area (Å²) in [4.78, 5) is 34.5. The molecule has 2 rings (SSSR count). The van der Waals surface area contributed by atoms with Gasteiger partial charge in [-0.3, -0.25) is 14.9 Å². The number of aliphatic carboxylic acids is 1. The second kappa shape index (κ2) is 5.52. The van der Waals surface area contributed by atoms with Crippen molar-refractivity contribution in [3.63, 3.8) is 0 Å². The van der Waals surface area contributed by atoms with E-state index in [1.807, 2.05) is 0 Å². The lowest BCUT2D eigenvalue weighted by molar-refractivity contribution is -0.402. The molecule has 2 unspecified atom stereocenters. The maximum Gasteiger partial charge on any atom is 0.433 e. The van der Waals surface area contributed by atoms with Crippen LogP contribution in [0.5, 0.6) is 0 Å². The molecular formula is C12H14N2O7. The first-order chi connectivity index (χ1) is 9.82. The summed E-state index contributed by atoms with van der Waals surface area (Å²) in [5.74, 6) is -2.17. The molecule has 114 valence electrons. The number of nitro groups is 1. The summed E-state index contributed by atoms with van der Waals surface area (Å²) in [6, 6.07) is 1.05. The van der Waals surface area contributed by atoms with Crippen LogP contribution in [0.4, 0.5) is 5.88 Å². The second-order valence-electron chi connectivity index (χ2n) is 4.84. The minimum atomic E-state index is -1.34. The van der Waals surface area contributed by atoms with Crippen LogP contribution >= 0.6 is 0 Å². The van der Waals surface area contributed by atoms with Gasteiger partial charge < -0.3 is 19.2 Å². The quantitative estimate of drug-likeness (QED) is 0.648. The van der Waals surface area contributed by atoms with Crippen molar-refractivity contribution in [2.75, 3.05) is 6.61 Å². The number of nitrogens with zero attached hydrogens (tertiary/aromatic N) is 2. The minimum absolute atomic E-state index is 0.0100. The Hall–Kier alpha value is -2.42. The average molecular weight is 298 g/mol. The van der Waals surface area contributed by atoms with Crippen molar-refractivity contribution >= 4 is 17.8 Å². The van der Waals surface area contributed by atoms with Crippen LogP contribution in [-0.4, -0.2) is 45.6 Å². The van der Waals surface area contributed by atoms with Crippen LogP contribution in [0, 0.1) is 10.1 Å². The molecule has 1 N–H and O–H groups in total. The number of carboxylic acid groups (broad SMARTS) is 1. The van der Waals surface area contributed by atoms with Crippen LogP contribution in [0.3, 0.4) is 0 Å². The van der Waals surface area contributed by atoms with Crippen LogP contribution < -0.4 is 0 Å². The van der Waals surface area contributed by atoms with Gasteiger partial charge in [-0.05, 0) is 19.9 Å². The van der Waals surface area contributed by atoms with Crippen molar-refractivity contribution in [1.29, 1.82) is 0 Å². The van der Waals surface area contributed by atoms with E-state index in [9.17, 15) is 24.8 Å². The molecule has 0 spiro atoms. The smallest absolute Gasteiger partial charge is 0.433 e. The summed E-state index contributed by atoms with van der Waals surface area (Å²) in [5, 5.41) is 19.9. The molecule has 9 heteroatoms. The van der Waals surface area contributed by atoms with E-state index in [1.165, 1.54) is 11.0 Å². The Morgan fingerprint density at radius 2 is 2.19 bits per heavy atom. The van der Waals surface area contributed by atoms with Crippen LogP contribution in [-0.2, 0) is 14.3 Å². The van der Waals surface area contributed by atoms with Crippen molar-refractivity contribution in [2.45, 2.75) is 32.0 Å². The lowest BCUT2D eigenvalue weighted by atomic mass is 10.0. The number of carbonyl (C=O) groups is 2. The third-order valence-corrected chi connectivity index (χ3v) is 3.14. The van der Waals surface area contributed by atoms with Crippen molar-refractivity contribution in [3.05, 3.63) is 28.0 Å². The van der Waals surface area contributed by atoms with Gasteiger partial charge in [-0.25, -0.2) is 4.79 Å². The zero-order chi connectivity index (χ0) is 15.7. The van der Waals surface area contributed by atoms with Crippen molar-refractivity contribution < 1.29 is 28.8 Å². The Labute approximate surface area is 119 Å². The number of amides is 1. The number of hydrogen-bond donors (Lipinski definition) is 1. The number of carboxylic acids is 1. The van der Waals surface area contributed by atoms with E-state index in [2.05, 4.69) is 0 Å². The van der Waals surface area contributed by atoms with Crippen LogP contribution in [0.2, 0.25) is 0 Å². The predicted octanol–water partition coefficient (Wildman–Crippen LogP) is 0.949. The first-order valence-corrected chi connectivity index (χ1v) is 6.22. The molecule has 0 aliphatic carbocycles. The van der Waals surface area contributed by atoms with Gasteiger partial charge in [0.2, 0.25) is 5.91 Å². The van der Waals surface area contributed by atoms with E-state index in [-0.39, 0.29) is 18.4 Å². The molecule has 1 aliphatic rings. The molecule has 0 bridgehead atoms. The summed E-state index contributed by atoms with van der Waals surface area (Å²) < 4.78 is 10.1. The zero-order valence-electron chi connectivity index (χ0n) is 11.4. The number of rotatable bonds is 4. The Kier molecular flexibility index (Phi) is 3.94. The normalized spacial score (nSPS) is 22.6. The molecule has 1 amide bonds. The number of hydrogen-bond acceptors (Lipinski definition) is 6. The zero-order valence-corrected chi connectivity index (χ0v) is 11.4. The molecular weight excluding hydrogens is 284 g/mol. The molecule has 1 fully saturated rings. The molecule has 2 heterocycles. The molecule has 2 atom stereocenters. The maximum absolute atomic E-state index is 12.0. The van der Waals surface area contributed by atoms with Crippen LogP contribution in [0.25, 0.3) is 0 Å². The van der Waals surface area contributed by atoms with Crippen LogP contribution in [0.1, 0.15) is 25.6 Å². The van der Waals surface area contributed by atoms with Crippen LogP contribution in [0.15, 0.2) is 16.5 Å². The van der Waals surface area contributed by atoms with Gasteiger partial charge in [0.05, 0.1) is 6.07 Å². The molecule has 0 radical (unpaired) electrons. The number of ether oxygens (including phenoxy) is 1. The van der Waals surface area contributed by atoms with E-state index in [1.54, 1.807) is 13.8 Å². The van der Waals surface area contributed by atoms with Crippen molar-refractivity contribution in [1.82, 2.24) is 4.90 Å². The van der Waals surface area contributed by atoms with Crippen molar-refractivity contribution in [2.24, 2.45) is 0 Å². The van der Waals surface area contributed by atoms with E-state index < -0.39 is 34.8 Å². The molecule has 21 heavy (non-hydrogen) atoms. The highest BCUT2D eigenvalue weighted by atomic mass is 16.6. The fraction of sp³-hybridized carbons (Fsp3) is 0.500. The highest BCUT2D eigenvalue weighted by Crippen LogP contribution is 2.34. The number of furan rings is 1. The van der Waals surface area contributed by atoms with Gasteiger partial charge in [-0.1, -0.05) is 0 Å². The highest BCUT2D eigenvalue weighted by molar-refractivity contribution is 5.83. The van der Waals surface area contributed by atoms with Gasteiger partial charge in [-0.2, -0.15) is 0 Å². The summed E-state index contributed by atoms with van der Waals surface area (Å²) >= 11 is 0. The topological polar surface area (TPSA) is 123 Å². The minimum Gasteiger partial charge on any atom is -0.479 e. The van der Waals surface area contributed by atoms with E-state index in [4.69, 9.17) is 9.15 Å². The summed E-state index contributed by atoms with van der Waals surface area (Å²) in [7, 11) is 0. The molecule has 1 saturated heterocycles. The first kappa shape index (κ1) is 15.0. The number of morpholine rings is 1. The predicted molar refractivity (Wildman–Crippen MR) is 67.5 cm³/mol. The maximum atomic E-state index is 12.0. The second-order valence-corrected chi connectivity index (χ2v) is 4.84. The summed E-state index contributed by atoms with van der Waals surface area (Å²) in [6.07, 6.45) is -1.34. The van der Waals surface area contributed by atoms with Crippen molar-refractivity contribution in [3.8, 4) is 0 Å². The third kappa shape index (κ3) is 2.72. The molecule has 1 aliphatic heterocycles. The molecule has 9 nitrogen and oxygen atoms in total. The Morgan fingerprint density at radius 3 is 2.67 bits per heavy atom. The van der Waals surface area contributed by atoms with Gasteiger partial charge in [0, 0.05) is 6.04 Å². The lowest BCUT2D eigenvalue weighted by Crippen LogP contribution is -2.54. The average Bonchev–Trinajstić information content (AvgIpc) is 2.86. The van der Waals surface area contributed by atoms with Gasteiger partial charge in [0.1, 0.15) is 23.3 Å². The molecule has 1 aromatic heterocycles. The lowest BCUT2D eigenvalue weighted by Gasteiger charge is -2.40. The largest absolute Gasteiger partial charge is 0.479 e. The van der Waals surface area contributed by atoms with E-state index >= 15 is 0 Å². The Bertz CT molecular complexity index is 580. The summed E-state index contributed by atoms with van der Waals surface area (Å²) in [6.45, 7) is 3.08. The fourth-order valence-electron chi connectivity index (χ4n) is 2.33. The summed E-state index contributed by atoms with van der Waals surface area (Å²) in [5.41, 5.74) is 0. The Morgan fingerprint density at radius 1 is 1.52 bits per heavy atom. The molecule has 0 aromatic carbocycles. The third-order valence-electron chi connectivity index (χ3n) is 3.14. The molecule has 0 saturated carbocycles. The first-order valence-electron chi connectivity index (χ1n) is 6.22. The monoisotopic (exact) mass is 298 g/mol. The van der Waals surface area contributed by atoms with E-state index in [0.717, 1.165) is 6.07 Å².